The van der Waals surface area contributed by atoms with E-state index in [1.54, 1.807) is 21.9 Å². The Labute approximate surface area is 636 Å². The van der Waals surface area contributed by atoms with E-state index >= 15 is 0 Å². The van der Waals surface area contributed by atoms with Crippen molar-refractivity contribution in [2.45, 2.75) is 251 Å². The van der Waals surface area contributed by atoms with Crippen molar-refractivity contribution < 1.29 is 28.7 Å². The minimum atomic E-state index is -0.471. The summed E-state index contributed by atoms with van der Waals surface area (Å²) in [6, 6.07) is 21.7. The van der Waals surface area contributed by atoms with Crippen molar-refractivity contribution >= 4 is 69.1 Å². The second kappa shape index (κ2) is 47.6. The number of benzene rings is 4. The molecule has 0 radical (unpaired) electrons. The van der Waals surface area contributed by atoms with Gasteiger partial charge >= 0.3 is 0 Å². The van der Waals surface area contributed by atoms with Crippen LogP contribution in [0.15, 0.2) is 69.0 Å². The lowest BCUT2D eigenvalue weighted by molar-refractivity contribution is -0.121. The molecule has 0 spiro atoms. The number of hydrogen-bond acceptors (Lipinski definition) is 16. The number of anilines is 4. The molecule has 576 valence electrons. The standard InChI is InChI=1S/C86H126N14O6/c1-15-29-35-61(21-7)57-99(58-62(22-8)36-30-16-2)77-49-73(91-83(101)65(25-11)39-33-19-5)75(51-79(77)105-27-13)93-95-81-69(53-87)45-67(46-70(81)54-88)85(103)97-41-43-98(44-42-97)86(104)68-47-71(55-89)82(72(48-68)56-90)96-94-76-52-80(106-28-14)78(50-74(76)92-84(102)66(26-12)40-34-20-6)100(59-63(23-9)37-31-17-3)60-64(24-10)38-32-18-4/h45-52,61-66H,15-44,57-60H2,1-14H3,(H,91,101)(H,92,102). The first kappa shape index (κ1) is 87.8. The zero-order valence-electron chi connectivity index (χ0n) is 66.9. The first-order valence-corrected chi connectivity index (χ1v) is 40.5. The number of hydrogen-bond donors (Lipinski definition) is 2. The maximum atomic E-state index is 14.5. The highest BCUT2D eigenvalue weighted by Gasteiger charge is 2.31. The van der Waals surface area contributed by atoms with Gasteiger partial charge in [0.1, 0.15) is 58.5 Å². The van der Waals surface area contributed by atoms with Crippen molar-refractivity contribution in [2.75, 3.05) is 86.0 Å². The van der Waals surface area contributed by atoms with Crippen molar-refractivity contribution in [3.05, 3.63) is 81.9 Å². The number of nitriles is 4. The van der Waals surface area contributed by atoms with Gasteiger partial charge in [0, 0.05) is 87.5 Å². The molecule has 1 heterocycles. The van der Waals surface area contributed by atoms with Crippen molar-refractivity contribution in [1.82, 2.24) is 9.80 Å². The Bertz CT molecular complexity index is 3340. The number of rotatable bonds is 48. The molecule has 0 aromatic heterocycles. The maximum Gasteiger partial charge on any atom is 0.254 e. The van der Waals surface area contributed by atoms with Gasteiger partial charge in [-0.15, -0.1) is 20.5 Å². The molecule has 4 aromatic rings. The molecular weight excluding hydrogens is 1330 g/mol. The van der Waals surface area contributed by atoms with Crippen LogP contribution in [0, 0.1) is 80.8 Å². The van der Waals surface area contributed by atoms with Crippen molar-refractivity contribution in [1.29, 1.82) is 21.0 Å². The number of nitrogens with zero attached hydrogens (tertiary/aromatic N) is 12. The molecule has 0 bridgehead atoms. The minimum Gasteiger partial charge on any atom is -0.492 e. The number of azo groups is 2. The third kappa shape index (κ3) is 25.7. The lowest BCUT2D eigenvalue weighted by Crippen LogP contribution is -2.50. The summed E-state index contributed by atoms with van der Waals surface area (Å²) in [4.78, 5) is 65.5. The maximum absolute atomic E-state index is 14.5. The highest BCUT2D eigenvalue weighted by molar-refractivity contribution is 5.99. The summed E-state index contributed by atoms with van der Waals surface area (Å²) in [6.07, 6.45) is 23.8. The summed E-state index contributed by atoms with van der Waals surface area (Å²) in [7, 11) is 0. The van der Waals surface area contributed by atoms with Crippen LogP contribution in [0.25, 0.3) is 0 Å². The second-order valence-electron chi connectivity index (χ2n) is 28.8. The second-order valence-corrected chi connectivity index (χ2v) is 28.8. The van der Waals surface area contributed by atoms with Crippen molar-refractivity contribution in [3.63, 3.8) is 0 Å². The van der Waals surface area contributed by atoms with E-state index in [9.17, 15) is 40.2 Å². The molecule has 4 amide bonds. The Morgan fingerprint density at radius 3 is 0.934 bits per heavy atom. The molecule has 106 heavy (non-hydrogen) atoms. The fraction of sp³-hybridized carbons (Fsp3) is 0.628. The molecule has 1 aliphatic rings. The first-order valence-electron chi connectivity index (χ1n) is 40.5. The van der Waals surface area contributed by atoms with Crippen LogP contribution >= 0.6 is 0 Å². The molecule has 5 rings (SSSR count). The Morgan fingerprint density at radius 1 is 0.406 bits per heavy atom. The van der Waals surface area contributed by atoms with E-state index < -0.39 is 11.8 Å². The molecule has 0 saturated carbocycles. The number of unbranched alkanes of at least 4 members (excludes halogenated alkanes) is 6. The molecule has 0 aliphatic carbocycles. The number of carbonyl (C=O) groups is 4. The monoisotopic (exact) mass is 1450 g/mol. The van der Waals surface area contributed by atoms with Crippen LogP contribution in [0.2, 0.25) is 0 Å². The van der Waals surface area contributed by atoms with Gasteiger partial charge in [0.25, 0.3) is 11.8 Å². The molecule has 1 aliphatic heterocycles. The van der Waals surface area contributed by atoms with Gasteiger partial charge in [0.05, 0.1) is 58.2 Å². The highest BCUT2D eigenvalue weighted by atomic mass is 16.5. The van der Waals surface area contributed by atoms with E-state index in [2.05, 4.69) is 124 Å². The Morgan fingerprint density at radius 2 is 0.689 bits per heavy atom. The van der Waals surface area contributed by atoms with Crippen LogP contribution in [-0.4, -0.2) is 99.0 Å². The van der Waals surface area contributed by atoms with Crippen LogP contribution in [0.4, 0.5) is 45.5 Å². The quantitative estimate of drug-likeness (QED) is 0.0391. The summed E-state index contributed by atoms with van der Waals surface area (Å²) in [5, 5.41) is 68.0. The summed E-state index contributed by atoms with van der Waals surface area (Å²) < 4.78 is 12.9. The topological polar surface area (TPSA) is 268 Å². The van der Waals surface area contributed by atoms with E-state index in [4.69, 9.17) is 19.7 Å². The van der Waals surface area contributed by atoms with Gasteiger partial charge in [-0.1, -0.05) is 186 Å². The van der Waals surface area contributed by atoms with E-state index in [-0.39, 0.29) is 106 Å². The van der Waals surface area contributed by atoms with Crippen molar-refractivity contribution in [2.24, 2.45) is 56.0 Å². The van der Waals surface area contributed by atoms with Crippen LogP contribution in [0.1, 0.15) is 294 Å². The van der Waals surface area contributed by atoms with Crippen LogP contribution in [0.5, 0.6) is 11.5 Å². The molecule has 20 nitrogen and oxygen atoms in total. The van der Waals surface area contributed by atoms with Crippen LogP contribution in [0.3, 0.4) is 0 Å². The third-order valence-corrected chi connectivity index (χ3v) is 21.1. The summed E-state index contributed by atoms with van der Waals surface area (Å²) >= 11 is 0. The van der Waals surface area contributed by atoms with Crippen molar-refractivity contribution in [3.8, 4) is 35.8 Å². The summed E-state index contributed by atoms with van der Waals surface area (Å²) in [5.41, 5.74) is 2.93. The van der Waals surface area contributed by atoms with Gasteiger partial charge < -0.3 is 39.7 Å². The molecule has 4 aromatic carbocycles. The lowest BCUT2D eigenvalue weighted by atomic mass is 9.95. The SMILES string of the molecule is CCCCC(CC)CN(CC(CC)CCCC)c1cc(NC(=O)C(CC)CCCC)c(N=Nc2c(C#N)cc(C(=O)N3CCN(C(=O)c4cc(C#N)c(N=Nc5cc(OCC)c(N(CC(CC)CCCC)CC(CC)CCCC)cc5NC(=O)C(CC)CCCC)c(C#N)c4)CC3)cc2C#N)cc1OCC. The smallest absolute Gasteiger partial charge is 0.254 e. The molecule has 20 heteroatoms. The molecule has 6 unspecified atom stereocenters. The van der Waals surface area contributed by atoms with Crippen LogP contribution in [-0.2, 0) is 9.59 Å². The number of piperazine rings is 1. The third-order valence-electron chi connectivity index (χ3n) is 21.1. The number of amides is 4. The largest absolute Gasteiger partial charge is 0.492 e. The molecular formula is C86H126N14O6. The predicted octanol–water partition coefficient (Wildman–Crippen LogP) is 22.2. The summed E-state index contributed by atoms with van der Waals surface area (Å²) in [6.45, 7) is 34.3. The Balaban J connectivity index is 1.50. The molecule has 1 fully saturated rings. The normalized spacial score (nSPS) is 13.9. The minimum absolute atomic E-state index is 0.0450. The van der Waals surface area contributed by atoms with Gasteiger partial charge in [-0.05, 0) is 125 Å². The first-order chi connectivity index (χ1) is 51.4. The molecule has 2 N–H and O–H groups in total. The zero-order valence-corrected chi connectivity index (χ0v) is 66.9. The number of nitrogens with one attached hydrogen (secondary N) is 2. The Hall–Kier alpha value is -8.88. The van der Waals surface area contributed by atoms with Gasteiger partial charge in [-0.3, -0.25) is 19.2 Å². The number of carbonyl (C=O) groups excluding carboxylic acids is 4. The lowest BCUT2D eigenvalue weighted by Gasteiger charge is -2.35. The average molecular weight is 1450 g/mol. The summed E-state index contributed by atoms with van der Waals surface area (Å²) in [5.74, 6) is 1.18. The van der Waals surface area contributed by atoms with Gasteiger partial charge in [0.2, 0.25) is 11.8 Å². The molecule has 6 atom stereocenters. The Kier molecular flexibility index (Phi) is 39.4. The zero-order chi connectivity index (χ0) is 77.5. The van der Waals surface area contributed by atoms with Crippen LogP contribution < -0.4 is 29.9 Å². The van der Waals surface area contributed by atoms with E-state index in [1.807, 2.05) is 39.8 Å². The van der Waals surface area contributed by atoms with Gasteiger partial charge in [-0.2, -0.15) is 21.0 Å². The fourth-order valence-electron chi connectivity index (χ4n) is 14.1. The van der Waals surface area contributed by atoms with E-state index in [0.717, 1.165) is 179 Å². The fourth-order valence-corrected chi connectivity index (χ4v) is 14.1. The van der Waals surface area contributed by atoms with Gasteiger partial charge in [0.15, 0.2) is 0 Å². The highest BCUT2D eigenvalue weighted by Crippen LogP contribution is 2.45. The predicted molar refractivity (Wildman–Crippen MR) is 429 cm³/mol. The van der Waals surface area contributed by atoms with E-state index in [1.165, 1.54) is 24.3 Å². The van der Waals surface area contributed by atoms with E-state index in [0.29, 0.717) is 72.6 Å². The average Bonchev–Trinajstić information content (AvgIpc) is 0.797. The molecule has 1 saturated heterocycles. The van der Waals surface area contributed by atoms with Gasteiger partial charge in [-0.25, -0.2) is 0 Å². The number of ether oxygens (including phenoxy) is 2.